The number of fused-ring (bicyclic) bond motifs is 2. The van der Waals surface area contributed by atoms with Gasteiger partial charge in [-0.1, -0.05) is 30.3 Å². The molecule has 86 valence electrons. The molecule has 1 aromatic rings. The van der Waals surface area contributed by atoms with E-state index in [1.807, 2.05) is 30.3 Å². The Balaban J connectivity index is 1.92. The van der Waals surface area contributed by atoms with Gasteiger partial charge in [0.1, 0.15) is 23.9 Å². The maximum Gasteiger partial charge on any atom is 0.144 e. The smallest absolute Gasteiger partial charge is 0.144 e. The van der Waals surface area contributed by atoms with E-state index in [2.05, 4.69) is 0 Å². The van der Waals surface area contributed by atoms with Gasteiger partial charge in [0.05, 0.1) is 13.2 Å². The summed E-state index contributed by atoms with van der Waals surface area (Å²) in [5, 5.41) is 19.3. The van der Waals surface area contributed by atoms with Crippen LogP contribution in [0.2, 0.25) is 0 Å². The van der Waals surface area contributed by atoms with Crippen LogP contribution in [0, 0.1) is 0 Å². The normalized spacial score (nSPS) is 41.5. The minimum absolute atomic E-state index is 0.214. The molecule has 0 saturated carbocycles. The molecule has 4 atom stereocenters. The van der Waals surface area contributed by atoms with Crippen LogP contribution >= 0.6 is 0 Å². The fourth-order valence-electron chi connectivity index (χ4n) is 2.47. The Labute approximate surface area is 93.4 Å². The molecule has 0 amide bonds. The lowest BCUT2D eigenvalue weighted by molar-refractivity contribution is -0.163. The van der Waals surface area contributed by atoms with Crippen molar-refractivity contribution in [2.45, 2.75) is 23.9 Å². The fourth-order valence-corrected chi connectivity index (χ4v) is 2.47. The number of rotatable bonds is 2. The number of aliphatic hydroxyl groups is 2. The van der Waals surface area contributed by atoms with Gasteiger partial charge in [0.25, 0.3) is 0 Å². The van der Waals surface area contributed by atoms with Gasteiger partial charge in [-0.2, -0.15) is 0 Å². The highest BCUT2D eigenvalue weighted by Crippen LogP contribution is 2.46. The minimum Gasteiger partial charge on any atom is -0.393 e. The Hall–Kier alpha value is -0.940. The van der Waals surface area contributed by atoms with E-state index in [1.165, 1.54) is 0 Å². The quantitative estimate of drug-likeness (QED) is 0.753. The van der Waals surface area contributed by atoms with E-state index >= 15 is 0 Å². The van der Waals surface area contributed by atoms with Crippen molar-refractivity contribution in [2.24, 2.45) is 0 Å². The molecular weight excluding hydrogens is 208 g/mol. The summed E-state index contributed by atoms with van der Waals surface area (Å²) in [6, 6.07) is 9.64. The van der Waals surface area contributed by atoms with Crippen LogP contribution in [-0.4, -0.2) is 41.2 Å². The molecular formula is C12H14O4. The van der Waals surface area contributed by atoms with E-state index in [9.17, 15) is 10.2 Å². The van der Waals surface area contributed by atoms with Gasteiger partial charge in [0, 0.05) is 0 Å². The number of hydrogen-bond donors (Lipinski definition) is 2. The molecule has 2 saturated heterocycles. The molecule has 0 aliphatic carbocycles. The number of aliphatic hydroxyl groups excluding tert-OH is 2. The second kappa shape index (κ2) is 3.53. The van der Waals surface area contributed by atoms with Crippen molar-refractivity contribution in [3.63, 3.8) is 0 Å². The Kier molecular flexibility index (Phi) is 2.26. The van der Waals surface area contributed by atoms with Crippen molar-refractivity contribution in [3.05, 3.63) is 35.9 Å². The average molecular weight is 222 g/mol. The average Bonchev–Trinajstić information content (AvgIpc) is 2.82. The zero-order chi connectivity index (χ0) is 11.2. The first-order valence-corrected chi connectivity index (χ1v) is 5.40. The van der Waals surface area contributed by atoms with E-state index < -0.39 is 11.7 Å². The van der Waals surface area contributed by atoms with E-state index in [0.29, 0.717) is 0 Å². The van der Waals surface area contributed by atoms with E-state index in [0.717, 1.165) is 5.56 Å². The van der Waals surface area contributed by atoms with Gasteiger partial charge in [0.15, 0.2) is 0 Å². The predicted octanol–water partition coefficient (Wildman–Crippen LogP) is 0.249. The van der Waals surface area contributed by atoms with Crippen LogP contribution < -0.4 is 0 Å². The van der Waals surface area contributed by atoms with Crippen molar-refractivity contribution in [3.8, 4) is 0 Å². The Morgan fingerprint density at radius 1 is 1.31 bits per heavy atom. The van der Waals surface area contributed by atoms with Crippen LogP contribution in [0.1, 0.15) is 11.7 Å². The van der Waals surface area contributed by atoms with Crippen LogP contribution in [0.25, 0.3) is 0 Å². The standard InChI is InChI=1S/C12H14O4/c13-6-12-7-15-10(11(12)14)9(16-12)8-4-2-1-3-5-8/h1-5,9-11,13-14H,6-7H2/t9-,10?,11?,12-/m0/s1. The first-order valence-electron chi connectivity index (χ1n) is 5.40. The SMILES string of the molecule is OC[C@]12COC(C1O)[C@H](c1ccccc1)O2. The van der Waals surface area contributed by atoms with Crippen LogP contribution in [0.3, 0.4) is 0 Å². The maximum absolute atomic E-state index is 10.0. The third-order valence-corrected chi connectivity index (χ3v) is 3.43. The second-order valence-electron chi connectivity index (χ2n) is 4.39. The molecule has 3 rings (SSSR count). The molecule has 2 heterocycles. The summed E-state index contributed by atoms with van der Waals surface area (Å²) in [5.74, 6) is 0. The second-order valence-corrected chi connectivity index (χ2v) is 4.39. The van der Waals surface area contributed by atoms with Gasteiger partial charge in [-0.3, -0.25) is 0 Å². The van der Waals surface area contributed by atoms with Gasteiger partial charge >= 0.3 is 0 Å². The summed E-state index contributed by atoms with van der Waals surface area (Å²) < 4.78 is 11.3. The van der Waals surface area contributed by atoms with Gasteiger partial charge in [-0.05, 0) is 5.56 Å². The molecule has 2 fully saturated rings. The highest BCUT2D eigenvalue weighted by Gasteiger charge is 2.60. The monoisotopic (exact) mass is 222 g/mol. The highest BCUT2D eigenvalue weighted by atomic mass is 16.6. The fraction of sp³-hybridized carbons (Fsp3) is 0.500. The lowest BCUT2D eigenvalue weighted by Crippen LogP contribution is -2.43. The number of hydrogen-bond acceptors (Lipinski definition) is 4. The molecule has 16 heavy (non-hydrogen) atoms. The summed E-state index contributed by atoms with van der Waals surface area (Å²) >= 11 is 0. The molecule has 1 aromatic carbocycles. The Morgan fingerprint density at radius 3 is 2.69 bits per heavy atom. The molecule has 2 aliphatic heterocycles. The molecule has 2 bridgehead atoms. The molecule has 2 unspecified atom stereocenters. The van der Waals surface area contributed by atoms with Crippen LogP contribution in [0.5, 0.6) is 0 Å². The first-order chi connectivity index (χ1) is 7.77. The first kappa shape index (κ1) is 10.2. The Morgan fingerprint density at radius 2 is 2.06 bits per heavy atom. The van der Waals surface area contributed by atoms with Crippen molar-refractivity contribution in [2.75, 3.05) is 13.2 Å². The summed E-state index contributed by atoms with van der Waals surface area (Å²) in [6.45, 7) is 0.0483. The molecule has 4 heteroatoms. The van der Waals surface area contributed by atoms with Gasteiger partial charge in [-0.25, -0.2) is 0 Å². The predicted molar refractivity (Wildman–Crippen MR) is 55.8 cm³/mol. The van der Waals surface area contributed by atoms with Crippen LogP contribution in [0.4, 0.5) is 0 Å². The Bertz CT molecular complexity index is 380. The highest BCUT2D eigenvalue weighted by molar-refractivity contribution is 5.23. The van der Waals surface area contributed by atoms with Gasteiger partial charge in [0.2, 0.25) is 0 Å². The molecule has 0 radical (unpaired) electrons. The summed E-state index contributed by atoms with van der Waals surface area (Å²) in [5.41, 5.74) is 0.0483. The number of benzene rings is 1. The van der Waals surface area contributed by atoms with E-state index in [1.54, 1.807) is 0 Å². The van der Waals surface area contributed by atoms with Crippen LogP contribution in [0.15, 0.2) is 30.3 Å². The summed E-state index contributed by atoms with van der Waals surface area (Å²) in [4.78, 5) is 0. The van der Waals surface area contributed by atoms with Crippen LogP contribution in [-0.2, 0) is 9.47 Å². The van der Waals surface area contributed by atoms with E-state index in [-0.39, 0.29) is 25.4 Å². The van der Waals surface area contributed by atoms with Gasteiger partial charge in [-0.15, -0.1) is 0 Å². The molecule has 2 aliphatic rings. The molecule has 0 spiro atoms. The molecule has 2 N–H and O–H groups in total. The third-order valence-electron chi connectivity index (χ3n) is 3.43. The topological polar surface area (TPSA) is 58.9 Å². The lowest BCUT2D eigenvalue weighted by atomic mass is 9.98. The maximum atomic E-state index is 10.0. The van der Waals surface area contributed by atoms with Crippen molar-refractivity contribution < 1.29 is 19.7 Å². The van der Waals surface area contributed by atoms with Crippen molar-refractivity contribution in [1.29, 1.82) is 0 Å². The van der Waals surface area contributed by atoms with Crippen molar-refractivity contribution >= 4 is 0 Å². The summed E-state index contributed by atoms with van der Waals surface area (Å²) in [6.07, 6.45) is -1.39. The van der Waals surface area contributed by atoms with E-state index in [4.69, 9.17) is 9.47 Å². The molecule has 4 nitrogen and oxygen atoms in total. The zero-order valence-corrected chi connectivity index (χ0v) is 8.74. The minimum atomic E-state index is -0.925. The summed E-state index contributed by atoms with van der Waals surface area (Å²) in [7, 11) is 0. The van der Waals surface area contributed by atoms with Gasteiger partial charge < -0.3 is 19.7 Å². The molecule has 0 aromatic heterocycles. The third kappa shape index (κ3) is 1.25. The van der Waals surface area contributed by atoms with Crippen molar-refractivity contribution in [1.82, 2.24) is 0 Å². The number of ether oxygens (including phenoxy) is 2. The lowest BCUT2D eigenvalue weighted by Gasteiger charge is -2.29. The zero-order valence-electron chi connectivity index (χ0n) is 8.74. The largest absolute Gasteiger partial charge is 0.393 e.